The van der Waals surface area contributed by atoms with Crippen molar-refractivity contribution in [3.05, 3.63) is 34.9 Å². The van der Waals surface area contributed by atoms with E-state index in [1.54, 1.807) is 24.5 Å². The highest BCUT2D eigenvalue weighted by atomic mass is 35.5. The first-order chi connectivity index (χ1) is 9.08. The summed E-state index contributed by atoms with van der Waals surface area (Å²) >= 11 is 6.72. The van der Waals surface area contributed by atoms with Gasteiger partial charge in [-0.25, -0.2) is 23.1 Å². The van der Waals surface area contributed by atoms with Crippen LogP contribution in [-0.2, 0) is 10.0 Å². The van der Waals surface area contributed by atoms with Crippen molar-refractivity contribution in [2.45, 2.75) is 4.21 Å². The highest BCUT2D eigenvalue weighted by molar-refractivity contribution is 7.91. The Hall–Kier alpha value is -1.22. The largest absolute Gasteiger partial charge is 0.353 e. The van der Waals surface area contributed by atoms with E-state index in [4.69, 9.17) is 11.6 Å². The van der Waals surface area contributed by atoms with Gasteiger partial charge < -0.3 is 5.32 Å². The van der Waals surface area contributed by atoms with E-state index < -0.39 is 10.0 Å². The summed E-state index contributed by atoms with van der Waals surface area (Å²) in [6, 6.07) is 4.73. The Morgan fingerprint density at radius 2 is 1.95 bits per heavy atom. The fourth-order valence-corrected chi connectivity index (χ4v) is 3.82. The Labute approximate surface area is 119 Å². The first kappa shape index (κ1) is 14.2. The van der Waals surface area contributed by atoms with Crippen molar-refractivity contribution in [2.75, 3.05) is 18.4 Å². The SMILES string of the molecule is O=S(=O)(NCCNc1ncccn1)c1ccc(Cl)s1. The van der Waals surface area contributed by atoms with Crippen molar-refractivity contribution in [1.82, 2.24) is 14.7 Å². The number of nitrogens with one attached hydrogen (secondary N) is 2. The highest BCUT2D eigenvalue weighted by Crippen LogP contribution is 2.25. The summed E-state index contributed by atoms with van der Waals surface area (Å²) in [6.07, 6.45) is 3.21. The zero-order valence-corrected chi connectivity index (χ0v) is 12.1. The fraction of sp³-hybridized carbons (Fsp3) is 0.200. The number of sulfonamides is 1. The van der Waals surface area contributed by atoms with Gasteiger partial charge in [0.05, 0.1) is 4.34 Å². The van der Waals surface area contributed by atoms with Gasteiger partial charge in [-0.2, -0.15) is 0 Å². The Balaban J connectivity index is 1.83. The molecule has 0 unspecified atom stereocenters. The molecule has 2 aromatic rings. The van der Waals surface area contributed by atoms with Gasteiger partial charge in [0.25, 0.3) is 0 Å². The second kappa shape index (κ2) is 6.29. The molecule has 0 fully saturated rings. The molecule has 0 aromatic carbocycles. The minimum Gasteiger partial charge on any atom is -0.353 e. The minimum atomic E-state index is -3.49. The van der Waals surface area contributed by atoms with E-state index in [-0.39, 0.29) is 10.8 Å². The number of thiophene rings is 1. The number of hydrogen-bond donors (Lipinski definition) is 2. The molecule has 0 atom stereocenters. The normalized spacial score (nSPS) is 11.4. The molecule has 0 amide bonds. The van der Waals surface area contributed by atoms with Gasteiger partial charge >= 0.3 is 0 Å². The summed E-state index contributed by atoms with van der Waals surface area (Å²) in [5.74, 6) is 0.459. The summed E-state index contributed by atoms with van der Waals surface area (Å²) in [7, 11) is -3.49. The Kier molecular flexibility index (Phi) is 4.70. The van der Waals surface area contributed by atoms with Crippen LogP contribution in [0.4, 0.5) is 5.95 Å². The third kappa shape index (κ3) is 4.13. The second-order valence-corrected chi connectivity index (χ2v) is 7.16. The monoisotopic (exact) mass is 318 g/mol. The molecular formula is C10H11ClN4O2S2. The highest BCUT2D eigenvalue weighted by Gasteiger charge is 2.15. The van der Waals surface area contributed by atoms with Crippen LogP contribution >= 0.6 is 22.9 Å². The van der Waals surface area contributed by atoms with Crippen LogP contribution in [0.2, 0.25) is 4.34 Å². The summed E-state index contributed by atoms with van der Waals surface area (Å²) < 4.78 is 26.8. The molecule has 0 aliphatic carbocycles. The van der Waals surface area contributed by atoms with Crippen molar-refractivity contribution >= 4 is 38.9 Å². The predicted molar refractivity (Wildman–Crippen MR) is 75.0 cm³/mol. The number of anilines is 1. The molecule has 102 valence electrons. The maximum Gasteiger partial charge on any atom is 0.250 e. The van der Waals surface area contributed by atoms with Gasteiger partial charge in [-0.1, -0.05) is 11.6 Å². The average molecular weight is 319 g/mol. The number of halogens is 1. The average Bonchev–Trinajstić information content (AvgIpc) is 2.84. The smallest absolute Gasteiger partial charge is 0.250 e. The predicted octanol–water partition coefficient (Wildman–Crippen LogP) is 1.58. The van der Waals surface area contributed by atoms with Crippen molar-refractivity contribution in [2.24, 2.45) is 0 Å². The Bertz CT molecular complexity index is 630. The topological polar surface area (TPSA) is 84.0 Å². The van der Waals surface area contributed by atoms with Crippen molar-refractivity contribution < 1.29 is 8.42 Å². The van der Waals surface area contributed by atoms with Crippen LogP contribution in [0.25, 0.3) is 0 Å². The third-order valence-electron chi connectivity index (χ3n) is 2.08. The zero-order chi connectivity index (χ0) is 13.7. The van der Waals surface area contributed by atoms with E-state index in [0.29, 0.717) is 16.8 Å². The minimum absolute atomic E-state index is 0.202. The van der Waals surface area contributed by atoms with Crippen molar-refractivity contribution in [3.8, 4) is 0 Å². The molecule has 0 saturated carbocycles. The van der Waals surface area contributed by atoms with Crippen LogP contribution in [0.3, 0.4) is 0 Å². The van der Waals surface area contributed by atoms with Crippen LogP contribution in [0, 0.1) is 0 Å². The lowest BCUT2D eigenvalue weighted by atomic mass is 10.6. The molecule has 19 heavy (non-hydrogen) atoms. The number of hydrogen-bond acceptors (Lipinski definition) is 6. The number of nitrogens with zero attached hydrogens (tertiary/aromatic N) is 2. The van der Waals surface area contributed by atoms with Crippen LogP contribution in [0.1, 0.15) is 0 Å². The molecule has 2 rings (SSSR count). The molecule has 0 bridgehead atoms. The molecular weight excluding hydrogens is 308 g/mol. The van der Waals surface area contributed by atoms with Gasteiger partial charge in [-0.3, -0.25) is 0 Å². The molecule has 2 heterocycles. The van der Waals surface area contributed by atoms with Gasteiger partial charge in [0.15, 0.2) is 0 Å². The molecule has 0 spiro atoms. The molecule has 6 nitrogen and oxygen atoms in total. The lowest BCUT2D eigenvalue weighted by Gasteiger charge is -2.06. The quantitative estimate of drug-likeness (QED) is 0.790. The van der Waals surface area contributed by atoms with Crippen molar-refractivity contribution in [3.63, 3.8) is 0 Å². The molecule has 0 radical (unpaired) electrons. The summed E-state index contributed by atoms with van der Waals surface area (Å²) in [6.45, 7) is 0.623. The maximum absolute atomic E-state index is 11.8. The molecule has 2 N–H and O–H groups in total. The van der Waals surface area contributed by atoms with E-state index >= 15 is 0 Å². The third-order valence-corrected chi connectivity index (χ3v) is 5.26. The van der Waals surface area contributed by atoms with Gasteiger partial charge in [0.1, 0.15) is 4.21 Å². The second-order valence-electron chi connectivity index (χ2n) is 3.46. The molecule has 0 saturated heterocycles. The standard InChI is InChI=1S/C10H11ClN4O2S2/c11-8-2-3-9(18-8)19(16,17)15-7-6-14-10-12-4-1-5-13-10/h1-5,15H,6-7H2,(H,12,13,14). The lowest BCUT2D eigenvalue weighted by Crippen LogP contribution is -2.28. The summed E-state index contributed by atoms with van der Waals surface area (Å²) in [5, 5.41) is 2.90. The van der Waals surface area contributed by atoms with Gasteiger partial charge in [-0.05, 0) is 18.2 Å². The van der Waals surface area contributed by atoms with E-state index in [1.165, 1.54) is 6.07 Å². The van der Waals surface area contributed by atoms with Crippen molar-refractivity contribution in [1.29, 1.82) is 0 Å². The van der Waals surface area contributed by atoms with Gasteiger partial charge in [0.2, 0.25) is 16.0 Å². The fourth-order valence-electron chi connectivity index (χ4n) is 1.26. The van der Waals surface area contributed by atoms with Crippen LogP contribution in [-0.4, -0.2) is 31.5 Å². The van der Waals surface area contributed by atoms with E-state index in [0.717, 1.165) is 11.3 Å². The van der Waals surface area contributed by atoms with Crippen LogP contribution in [0.15, 0.2) is 34.8 Å². The number of rotatable bonds is 6. The van der Waals surface area contributed by atoms with E-state index in [2.05, 4.69) is 20.0 Å². The summed E-state index contributed by atoms with van der Waals surface area (Å²) in [4.78, 5) is 7.92. The Morgan fingerprint density at radius 3 is 2.58 bits per heavy atom. The molecule has 2 aromatic heterocycles. The lowest BCUT2D eigenvalue weighted by molar-refractivity contribution is 0.585. The first-order valence-electron chi connectivity index (χ1n) is 5.34. The maximum atomic E-state index is 11.8. The van der Waals surface area contributed by atoms with E-state index in [1.807, 2.05) is 0 Å². The molecule has 0 aliphatic rings. The first-order valence-corrected chi connectivity index (χ1v) is 8.01. The molecule has 0 aliphatic heterocycles. The van der Waals surface area contributed by atoms with Gasteiger partial charge in [0, 0.05) is 25.5 Å². The zero-order valence-electron chi connectivity index (χ0n) is 9.71. The summed E-state index contributed by atoms with van der Waals surface area (Å²) in [5.41, 5.74) is 0. The van der Waals surface area contributed by atoms with Crippen LogP contribution in [0.5, 0.6) is 0 Å². The van der Waals surface area contributed by atoms with Gasteiger partial charge in [-0.15, -0.1) is 11.3 Å². The Morgan fingerprint density at radius 1 is 1.21 bits per heavy atom. The number of aromatic nitrogens is 2. The molecule has 9 heteroatoms. The van der Waals surface area contributed by atoms with E-state index in [9.17, 15) is 8.42 Å². The van der Waals surface area contributed by atoms with Crippen LogP contribution < -0.4 is 10.0 Å².